The van der Waals surface area contributed by atoms with Crippen molar-refractivity contribution in [1.29, 1.82) is 0 Å². The van der Waals surface area contributed by atoms with Gasteiger partial charge in [0.25, 0.3) is 0 Å². The zero-order valence-electron chi connectivity index (χ0n) is 11.3. The molecule has 0 aliphatic carbocycles. The third kappa shape index (κ3) is 6.48. The average molecular weight is 234 g/mol. The van der Waals surface area contributed by atoms with Crippen LogP contribution >= 0.6 is 0 Å². The number of hydrogen-bond donors (Lipinski definition) is 0. The predicted molar refractivity (Wildman–Crippen MR) is 74.3 cm³/mol. The molecule has 0 fully saturated rings. The molecule has 1 nitrogen and oxygen atoms in total. The van der Waals surface area contributed by atoms with E-state index in [2.05, 4.69) is 44.2 Å². The van der Waals surface area contributed by atoms with Crippen LogP contribution in [0.2, 0.25) is 0 Å². The molecule has 0 bridgehead atoms. The summed E-state index contributed by atoms with van der Waals surface area (Å²) in [6, 6.07) is 10.7. The number of ether oxygens (including phenoxy) is 1. The highest BCUT2D eigenvalue weighted by Gasteiger charge is 2.08. The Labute approximate surface area is 106 Å². The Morgan fingerprint density at radius 1 is 1.00 bits per heavy atom. The molecule has 1 aromatic rings. The first-order valence-corrected chi connectivity index (χ1v) is 7.02. The maximum absolute atomic E-state index is 5.83. The molecule has 0 heterocycles. The van der Waals surface area contributed by atoms with Gasteiger partial charge in [-0.2, -0.15) is 0 Å². The molecule has 17 heavy (non-hydrogen) atoms. The van der Waals surface area contributed by atoms with Crippen molar-refractivity contribution in [3.05, 3.63) is 35.9 Å². The van der Waals surface area contributed by atoms with Crippen LogP contribution in [-0.2, 0) is 11.2 Å². The van der Waals surface area contributed by atoms with Crippen molar-refractivity contribution in [2.45, 2.75) is 58.5 Å². The minimum atomic E-state index is 0.402. The fourth-order valence-corrected chi connectivity index (χ4v) is 2.16. The summed E-state index contributed by atoms with van der Waals surface area (Å²) in [4.78, 5) is 0. The summed E-state index contributed by atoms with van der Waals surface area (Å²) < 4.78 is 5.83. The highest BCUT2D eigenvalue weighted by atomic mass is 16.5. The zero-order chi connectivity index (χ0) is 12.3. The molecule has 1 rings (SSSR count). The topological polar surface area (TPSA) is 9.23 Å². The first-order chi connectivity index (χ1) is 8.36. The Bertz CT molecular complexity index is 268. The SMILES string of the molecule is CCCCCCC(Cc1ccccc1)OCC. The summed E-state index contributed by atoms with van der Waals surface area (Å²) >= 11 is 0. The summed E-state index contributed by atoms with van der Waals surface area (Å²) in [5, 5.41) is 0. The van der Waals surface area contributed by atoms with Crippen LogP contribution in [0.25, 0.3) is 0 Å². The van der Waals surface area contributed by atoms with Gasteiger partial charge in [0, 0.05) is 6.61 Å². The number of unbranched alkanes of at least 4 members (excludes halogenated alkanes) is 3. The van der Waals surface area contributed by atoms with Gasteiger partial charge in [0.15, 0.2) is 0 Å². The van der Waals surface area contributed by atoms with E-state index >= 15 is 0 Å². The van der Waals surface area contributed by atoms with E-state index in [1.807, 2.05) is 0 Å². The third-order valence-electron chi connectivity index (χ3n) is 3.09. The minimum absolute atomic E-state index is 0.402. The highest BCUT2D eigenvalue weighted by molar-refractivity contribution is 5.15. The van der Waals surface area contributed by atoms with Crippen LogP contribution in [0, 0.1) is 0 Å². The van der Waals surface area contributed by atoms with E-state index in [4.69, 9.17) is 4.74 Å². The fraction of sp³-hybridized carbons (Fsp3) is 0.625. The molecule has 1 aromatic carbocycles. The molecular formula is C16H26O. The Kier molecular flexibility index (Phi) is 7.74. The average Bonchev–Trinajstić information content (AvgIpc) is 2.36. The molecule has 0 radical (unpaired) electrons. The lowest BCUT2D eigenvalue weighted by atomic mass is 10.0. The van der Waals surface area contributed by atoms with Crippen molar-refractivity contribution in [1.82, 2.24) is 0 Å². The molecule has 0 amide bonds. The van der Waals surface area contributed by atoms with Crippen LogP contribution in [0.3, 0.4) is 0 Å². The van der Waals surface area contributed by atoms with E-state index in [1.165, 1.54) is 37.7 Å². The summed E-state index contributed by atoms with van der Waals surface area (Å²) in [6.07, 6.45) is 7.95. The molecule has 0 N–H and O–H groups in total. The Balaban J connectivity index is 2.32. The van der Waals surface area contributed by atoms with Gasteiger partial charge in [-0.15, -0.1) is 0 Å². The van der Waals surface area contributed by atoms with Crippen molar-refractivity contribution in [2.24, 2.45) is 0 Å². The van der Waals surface area contributed by atoms with Gasteiger partial charge in [-0.3, -0.25) is 0 Å². The summed E-state index contributed by atoms with van der Waals surface area (Å²) in [5.41, 5.74) is 1.39. The van der Waals surface area contributed by atoms with E-state index < -0.39 is 0 Å². The van der Waals surface area contributed by atoms with Crippen molar-refractivity contribution in [3.8, 4) is 0 Å². The van der Waals surface area contributed by atoms with Gasteiger partial charge in [0.1, 0.15) is 0 Å². The van der Waals surface area contributed by atoms with Crippen LogP contribution in [0.15, 0.2) is 30.3 Å². The molecule has 0 aliphatic heterocycles. The molecule has 0 saturated carbocycles. The summed E-state index contributed by atoms with van der Waals surface area (Å²) in [6.45, 7) is 5.17. The highest BCUT2D eigenvalue weighted by Crippen LogP contribution is 2.13. The molecule has 0 spiro atoms. The molecule has 0 aromatic heterocycles. The van der Waals surface area contributed by atoms with E-state index in [0.29, 0.717) is 6.10 Å². The maximum atomic E-state index is 5.83. The van der Waals surface area contributed by atoms with Crippen LogP contribution in [-0.4, -0.2) is 12.7 Å². The van der Waals surface area contributed by atoms with Gasteiger partial charge in [-0.25, -0.2) is 0 Å². The molecule has 96 valence electrons. The second-order valence-corrected chi connectivity index (χ2v) is 4.62. The van der Waals surface area contributed by atoms with Crippen molar-refractivity contribution < 1.29 is 4.74 Å². The second kappa shape index (κ2) is 9.23. The van der Waals surface area contributed by atoms with E-state index in [1.54, 1.807) is 0 Å². The lowest BCUT2D eigenvalue weighted by Crippen LogP contribution is -2.16. The Hall–Kier alpha value is -0.820. The third-order valence-corrected chi connectivity index (χ3v) is 3.09. The lowest BCUT2D eigenvalue weighted by molar-refractivity contribution is 0.0552. The number of hydrogen-bond acceptors (Lipinski definition) is 1. The van der Waals surface area contributed by atoms with E-state index in [-0.39, 0.29) is 0 Å². The van der Waals surface area contributed by atoms with Gasteiger partial charge in [-0.1, -0.05) is 62.9 Å². The largest absolute Gasteiger partial charge is 0.378 e. The molecule has 0 aliphatic rings. The van der Waals surface area contributed by atoms with E-state index in [9.17, 15) is 0 Å². The predicted octanol–water partition coefficient (Wildman–Crippen LogP) is 4.60. The maximum Gasteiger partial charge on any atom is 0.0615 e. The van der Waals surface area contributed by atoms with Crippen molar-refractivity contribution in [3.63, 3.8) is 0 Å². The smallest absolute Gasteiger partial charge is 0.0615 e. The van der Waals surface area contributed by atoms with Crippen LogP contribution < -0.4 is 0 Å². The normalized spacial score (nSPS) is 12.6. The van der Waals surface area contributed by atoms with Gasteiger partial charge in [0.2, 0.25) is 0 Å². The first-order valence-electron chi connectivity index (χ1n) is 7.02. The van der Waals surface area contributed by atoms with Crippen LogP contribution in [0.5, 0.6) is 0 Å². The monoisotopic (exact) mass is 234 g/mol. The molecule has 1 unspecified atom stereocenters. The number of benzene rings is 1. The Morgan fingerprint density at radius 3 is 2.41 bits per heavy atom. The zero-order valence-corrected chi connectivity index (χ0v) is 11.3. The fourth-order valence-electron chi connectivity index (χ4n) is 2.16. The van der Waals surface area contributed by atoms with Crippen molar-refractivity contribution in [2.75, 3.05) is 6.61 Å². The minimum Gasteiger partial charge on any atom is -0.378 e. The number of rotatable bonds is 9. The van der Waals surface area contributed by atoms with Gasteiger partial charge in [-0.05, 0) is 25.3 Å². The van der Waals surface area contributed by atoms with Crippen LogP contribution in [0.4, 0.5) is 0 Å². The van der Waals surface area contributed by atoms with Gasteiger partial charge in [0.05, 0.1) is 6.10 Å². The first kappa shape index (κ1) is 14.2. The standard InChI is InChI=1S/C16H26O/c1-3-5-6-10-13-16(17-4-2)14-15-11-8-7-9-12-15/h7-9,11-12,16H,3-6,10,13-14H2,1-2H3. The van der Waals surface area contributed by atoms with Crippen molar-refractivity contribution >= 4 is 0 Å². The van der Waals surface area contributed by atoms with Gasteiger partial charge < -0.3 is 4.74 Å². The summed E-state index contributed by atoms with van der Waals surface area (Å²) in [7, 11) is 0. The summed E-state index contributed by atoms with van der Waals surface area (Å²) in [5.74, 6) is 0. The molecular weight excluding hydrogens is 208 g/mol. The van der Waals surface area contributed by atoms with E-state index in [0.717, 1.165) is 13.0 Å². The van der Waals surface area contributed by atoms with Gasteiger partial charge >= 0.3 is 0 Å². The second-order valence-electron chi connectivity index (χ2n) is 4.62. The van der Waals surface area contributed by atoms with Crippen LogP contribution in [0.1, 0.15) is 51.5 Å². The molecule has 1 atom stereocenters. The Morgan fingerprint density at radius 2 is 1.76 bits per heavy atom. The lowest BCUT2D eigenvalue weighted by Gasteiger charge is -2.17. The quantitative estimate of drug-likeness (QED) is 0.567. The molecule has 1 heteroatoms. The molecule has 0 saturated heterocycles.